The zero-order valence-corrected chi connectivity index (χ0v) is 14.1. The van der Waals surface area contributed by atoms with Crippen molar-refractivity contribution in [2.24, 2.45) is 0 Å². The number of hydrogen-bond acceptors (Lipinski definition) is 2. The number of carbonyl (C=O) groups excluding carboxylic acids is 1. The number of rotatable bonds is 4. The zero-order chi connectivity index (χ0) is 15.5. The summed E-state index contributed by atoms with van der Waals surface area (Å²) in [6, 6.07) is 13.7. The third kappa shape index (κ3) is 3.50. The molecule has 2 aromatic carbocycles. The van der Waals surface area contributed by atoms with E-state index in [1.54, 1.807) is 0 Å². The molecule has 1 aliphatic rings. The monoisotopic (exact) mass is 358 g/mol. The van der Waals surface area contributed by atoms with Gasteiger partial charge in [-0.05, 0) is 73.7 Å². The molecule has 1 atom stereocenters. The number of aryl methyl sites for hydroxylation is 2. The lowest BCUT2D eigenvalue weighted by Crippen LogP contribution is -2.31. The van der Waals surface area contributed by atoms with E-state index in [-0.39, 0.29) is 11.9 Å². The summed E-state index contributed by atoms with van der Waals surface area (Å²) in [6.07, 6.45) is 3.55. The first-order valence-corrected chi connectivity index (χ1v) is 8.36. The average Bonchev–Trinajstić information content (AvgIpc) is 2.97. The van der Waals surface area contributed by atoms with Gasteiger partial charge in [0.25, 0.3) is 0 Å². The van der Waals surface area contributed by atoms with Gasteiger partial charge in [0.2, 0.25) is 5.91 Å². The lowest BCUT2D eigenvalue weighted by Gasteiger charge is -2.16. The largest absolute Gasteiger partial charge is 0.374 e. The maximum Gasteiger partial charge on any atom is 0.246 e. The number of fused-ring (bicyclic) bond motifs is 1. The fourth-order valence-corrected chi connectivity index (χ4v) is 3.03. The molecule has 0 saturated heterocycles. The first-order valence-electron chi connectivity index (χ1n) is 7.56. The molecule has 0 spiro atoms. The van der Waals surface area contributed by atoms with Crippen LogP contribution in [0.3, 0.4) is 0 Å². The number of anilines is 2. The molecule has 3 nitrogen and oxygen atoms in total. The highest BCUT2D eigenvalue weighted by molar-refractivity contribution is 9.10. The summed E-state index contributed by atoms with van der Waals surface area (Å²) in [6.45, 7) is 1.88. The first-order chi connectivity index (χ1) is 10.6. The van der Waals surface area contributed by atoms with E-state index >= 15 is 0 Å². The van der Waals surface area contributed by atoms with Gasteiger partial charge in [0.05, 0.1) is 0 Å². The van der Waals surface area contributed by atoms with Crippen LogP contribution in [0.1, 0.15) is 24.5 Å². The van der Waals surface area contributed by atoms with Crippen molar-refractivity contribution in [3.8, 4) is 0 Å². The average molecular weight is 359 g/mol. The Labute approximate surface area is 139 Å². The normalized spacial score (nSPS) is 14.3. The van der Waals surface area contributed by atoms with Crippen molar-refractivity contribution < 1.29 is 4.79 Å². The smallest absolute Gasteiger partial charge is 0.246 e. The van der Waals surface area contributed by atoms with Crippen LogP contribution in [0.2, 0.25) is 0 Å². The molecule has 1 aliphatic carbocycles. The molecule has 0 unspecified atom stereocenters. The molecule has 114 valence electrons. The van der Waals surface area contributed by atoms with Gasteiger partial charge < -0.3 is 10.6 Å². The summed E-state index contributed by atoms with van der Waals surface area (Å²) < 4.78 is 0.995. The van der Waals surface area contributed by atoms with E-state index in [0.29, 0.717) is 0 Å². The van der Waals surface area contributed by atoms with E-state index in [2.05, 4.69) is 44.8 Å². The molecule has 0 fully saturated rings. The van der Waals surface area contributed by atoms with Crippen molar-refractivity contribution in [3.63, 3.8) is 0 Å². The Kier molecular flexibility index (Phi) is 4.48. The number of benzene rings is 2. The van der Waals surface area contributed by atoms with Gasteiger partial charge in [-0.2, -0.15) is 0 Å². The fourth-order valence-electron chi connectivity index (χ4n) is 2.76. The van der Waals surface area contributed by atoms with Gasteiger partial charge in [-0.25, -0.2) is 0 Å². The highest BCUT2D eigenvalue weighted by atomic mass is 79.9. The summed E-state index contributed by atoms with van der Waals surface area (Å²) in [4.78, 5) is 12.3. The van der Waals surface area contributed by atoms with Gasteiger partial charge in [-0.3, -0.25) is 4.79 Å². The minimum atomic E-state index is -0.289. The second-order valence-electron chi connectivity index (χ2n) is 5.70. The number of hydrogen-bond donors (Lipinski definition) is 2. The predicted octanol–water partition coefficient (Wildman–Crippen LogP) is 4.38. The fraction of sp³-hybridized carbons (Fsp3) is 0.278. The van der Waals surface area contributed by atoms with Crippen LogP contribution in [0, 0.1) is 0 Å². The Bertz CT molecular complexity index is 682. The molecule has 2 aromatic rings. The maximum absolute atomic E-state index is 12.3. The van der Waals surface area contributed by atoms with Gasteiger partial charge in [0.1, 0.15) is 6.04 Å². The van der Waals surface area contributed by atoms with E-state index in [9.17, 15) is 4.79 Å². The van der Waals surface area contributed by atoms with Crippen molar-refractivity contribution in [2.45, 2.75) is 32.2 Å². The topological polar surface area (TPSA) is 41.1 Å². The molecule has 4 heteroatoms. The number of amides is 1. The van der Waals surface area contributed by atoms with Crippen LogP contribution in [-0.4, -0.2) is 11.9 Å². The molecule has 0 saturated carbocycles. The highest BCUT2D eigenvalue weighted by Gasteiger charge is 2.15. The predicted molar refractivity (Wildman–Crippen MR) is 94.3 cm³/mol. The number of halogens is 1. The molecule has 0 aromatic heterocycles. The lowest BCUT2D eigenvalue weighted by molar-refractivity contribution is -0.116. The van der Waals surface area contributed by atoms with Crippen molar-refractivity contribution >= 4 is 33.2 Å². The van der Waals surface area contributed by atoms with E-state index < -0.39 is 0 Å². The summed E-state index contributed by atoms with van der Waals surface area (Å²) in [5.74, 6) is -0.0391. The van der Waals surface area contributed by atoms with Crippen LogP contribution in [0.5, 0.6) is 0 Å². The summed E-state index contributed by atoms with van der Waals surface area (Å²) in [5, 5.41) is 6.20. The third-order valence-electron chi connectivity index (χ3n) is 3.99. The Hall–Kier alpha value is -1.81. The molecule has 0 aliphatic heterocycles. The van der Waals surface area contributed by atoms with Crippen molar-refractivity contribution in [2.75, 3.05) is 10.6 Å². The second-order valence-corrected chi connectivity index (χ2v) is 6.61. The molecule has 1 amide bonds. The SMILES string of the molecule is C[C@@H](Nc1ccc2c(c1)CCC2)C(=O)Nc1ccc(Br)cc1. The molecule has 22 heavy (non-hydrogen) atoms. The van der Waals surface area contributed by atoms with Gasteiger partial charge in [-0.1, -0.05) is 22.0 Å². The standard InChI is InChI=1S/C18H19BrN2O/c1-12(18(22)21-16-9-6-15(19)7-10-16)20-17-8-5-13-3-2-4-14(13)11-17/h5-12,20H,2-4H2,1H3,(H,21,22)/t12-/m1/s1. The summed E-state index contributed by atoms with van der Waals surface area (Å²) >= 11 is 3.38. The van der Waals surface area contributed by atoms with Gasteiger partial charge in [0, 0.05) is 15.8 Å². The lowest BCUT2D eigenvalue weighted by atomic mass is 10.1. The van der Waals surface area contributed by atoms with Gasteiger partial charge in [0.15, 0.2) is 0 Å². The van der Waals surface area contributed by atoms with Crippen molar-refractivity contribution in [1.82, 2.24) is 0 Å². The van der Waals surface area contributed by atoms with E-state index in [0.717, 1.165) is 22.3 Å². The van der Waals surface area contributed by atoms with Crippen LogP contribution in [0.15, 0.2) is 46.9 Å². The van der Waals surface area contributed by atoms with E-state index in [1.165, 1.54) is 24.0 Å². The quantitative estimate of drug-likeness (QED) is 0.851. The van der Waals surface area contributed by atoms with Crippen LogP contribution in [0.4, 0.5) is 11.4 Å². The summed E-state index contributed by atoms with van der Waals surface area (Å²) in [7, 11) is 0. The molecule has 0 heterocycles. The van der Waals surface area contributed by atoms with Crippen LogP contribution in [0.25, 0.3) is 0 Å². The first kappa shape index (κ1) is 15.1. The molecular weight excluding hydrogens is 340 g/mol. The Morgan fingerprint density at radius 3 is 2.50 bits per heavy atom. The minimum Gasteiger partial charge on any atom is -0.374 e. The van der Waals surface area contributed by atoms with Crippen LogP contribution in [-0.2, 0) is 17.6 Å². The highest BCUT2D eigenvalue weighted by Crippen LogP contribution is 2.25. The van der Waals surface area contributed by atoms with Crippen molar-refractivity contribution in [1.29, 1.82) is 0 Å². The maximum atomic E-state index is 12.3. The Morgan fingerprint density at radius 1 is 1.05 bits per heavy atom. The zero-order valence-electron chi connectivity index (χ0n) is 12.5. The van der Waals surface area contributed by atoms with Crippen molar-refractivity contribution in [3.05, 3.63) is 58.1 Å². The summed E-state index contributed by atoms with van der Waals surface area (Å²) in [5.41, 5.74) is 4.66. The molecular formula is C18H19BrN2O. The van der Waals surface area contributed by atoms with Crippen LogP contribution >= 0.6 is 15.9 Å². The molecule has 2 N–H and O–H groups in total. The Balaban J connectivity index is 1.62. The van der Waals surface area contributed by atoms with Crippen LogP contribution < -0.4 is 10.6 Å². The third-order valence-corrected chi connectivity index (χ3v) is 4.52. The Morgan fingerprint density at radius 2 is 1.73 bits per heavy atom. The molecule has 3 rings (SSSR count). The van der Waals surface area contributed by atoms with Gasteiger partial charge in [-0.15, -0.1) is 0 Å². The molecule has 0 bridgehead atoms. The van der Waals surface area contributed by atoms with E-state index in [4.69, 9.17) is 0 Å². The van der Waals surface area contributed by atoms with E-state index in [1.807, 2.05) is 31.2 Å². The minimum absolute atomic E-state index is 0.0391. The number of carbonyl (C=O) groups is 1. The molecule has 0 radical (unpaired) electrons. The van der Waals surface area contributed by atoms with Gasteiger partial charge >= 0.3 is 0 Å². The second kappa shape index (κ2) is 6.53. The number of nitrogens with one attached hydrogen (secondary N) is 2.